The Morgan fingerprint density at radius 2 is 1.94 bits per heavy atom. The topological polar surface area (TPSA) is 29.1 Å². The van der Waals surface area contributed by atoms with E-state index in [1.807, 2.05) is 30.7 Å². The lowest BCUT2D eigenvalue weighted by Gasteiger charge is -2.12. The highest BCUT2D eigenvalue weighted by atomic mass is 79.9. The molecule has 1 aliphatic rings. The molecule has 0 unspecified atom stereocenters. The average Bonchev–Trinajstić information content (AvgIpc) is 3.45. The Morgan fingerprint density at radius 1 is 1.15 bits per heavy atom. The Bertz CT molecular complexity index is 1480. The van der Waals surface area contributed by atoms with Crippen LogP contribution in [0.2, 0.25) is 0 Å². The molecule has 0 spiro atoms. The van der Waals surface area contributed by atoms with E-state index in [0.717, 1.165) is 35.9 Å². The van der Waals surface area contributed by atoms with Crippen LogP contribution in [0.1, 0.15) is 17.5 Å². The first-order valence-electron chi connectivity index (χ1n) is 10.2. The summed E-state index contributed by atoms with van der Waals surface area (Å²) >= 11 is 8.50. The molecule has 2 aromatic heterocycles. The first kappa shape index (κ1) is 24.3. The van der Waals surface area contributed by atoms with Gasteiger partial charge in [-0.15, -0.1) is 11.3 Å². The molecular weight excluding hydrogens is 558 g/mol. The van der Waals surface area contributed by atoms with Gasteiger partial charge in [-0.1, -0.05) is 69.4 Å². The second-order valence-corrected chi connectivity index (χ2v) is 11.3. The van der Waals surface area contributed by atoms with Crippen LogP contribution in [0.25, 0.3) is 11.1 Å². The predicted molar refractivity (Wildman–Crippen MR) is 139 cm³/mol. The zero-order valence-corrected chi connectivity index (χ0v) is 22.8. The van der Waals surface area contributed by atoms with Crippen LogP contribution in [0.15, 0.2) is 74.3 Å². The van der Waals surface area contributed by atoms with Crippen LogP contribution >= 0.6 is 50.4 Å². The summed E-state index contributed by atoms with van der Waals surface area (Å²) in [4.78, 5) is 16.7. The molecule has 0 bridgehead atoms. The van der Waals surface area contributed by atoms with Crippen molar-refractivity contribution >= 4 is 67.2 Å². The lowest BCUT2D eigenvalue weighted by Crippen LogP contribution is -3.00. The fourth-order valence-electron chi connectivity index (χ4n) is 3.74. The second-order valence-electron chi connectivity index (χ2n) is 7.40. The monoisotopic (exact) mass is 577 g/mol. The molecule has 9 heteroatoms. The summed E-state index contributed by atoms with van der Waals surface area (Å²) in [6.45, 7) is 3.49. The van der Waals surface area contributed by atoms with Gasteiger partial charge in [0.1, 0.15) is 14.2 Å². The normalized spacial score (nSPS) is 15.0. The summed E-state index contributed by atoms with van der Waals surface area (Å²) in [5, 5.41) is 4.23. The zero-order chi connectivity index (χ0) is 22.2. The third-order valence-electron chi connectivity index (χ3n) is 5.37. The van der Waals surface area contributed by atoms with Gasteiger partial charge in [-0.05, 0) is 25.1 Å². The van der Waals surface area contributed by atoms with E-state index in [9.17, 15) is 4.79 Å². The highest BCUT2D eigenvalue weighted by Gasteiger charge is 2.25. The number of fused-ring (bicyclic) bond motifs is 1. The number of thioether (sulfide) groups is 1. The van der Waals surface area contributed by atoms with Crippen LogP contribution in [0, 0.1) is 0 Å². The maximum Gasteiger partial charge on any atom is 0.271 e. The molecule has 0 saturated heterocycles. The summed E-state index contributed by atoms with van der Waals surface area (Å²) in [5.41, 5.74) is 2.46. The second kappa shape index (κ2) is 10.2. The van der Waals surface area contributed by atoms with Crippen molar-refractivity contribution in [2.24, 2.45) is 0 Å². The molecule has 0 N–H and O–H groups in total. The molecule has 0 saturated carbocycles. The summed E-state index contributed by atoms with van der Waals surface area (Å²) in [7, 11) is 2.03. The standard InChI is InChI=1S/C24H21BrN3OS3.ClH/c1-3-28-21(14-20-27(11-12-30-20)15-16-7-5-4-6-8-16)32-22(23(28)29)24-26(2)18-13-17(25)9-10-19(18)31-24;/h4-14H,3,15H2,1-2H3;1H/q+1;/p-1/b24-22+;. The van der Waals surface area contributed by atoms with Crippen molar-refractivity contribution in [3.63, 3.8) is 0 Å². The quantitative estimate of drug-likeness (QED) is 0.341. The van der Waals surface area contributed by atoms with Gasteiger partial charge in [0, 0.05) is 28.5 Å². The molecule has 0 atom stereocenters. The molecule has 2 aromatic carbocycles. The van der Waals surface area contributed by atoms with E-state index < -0.39 is 0 Å². The third kappa shape index (κ3) is 4.72. The fourth-order valence-corrected chi connectivity index (χ4v) is 7.38. The smallest absolute Gasteiger partial charge is 0.271 e. The molecule has 0 radical (unpaired) electrons. The van der Waals surface area contributed by atoms with Gasteiger partial charge in [-0.25, -0.2) is 0 Å². The van der Waals surface area contributed by atoms with E-state index in [4.69, 9.17) is 0 Å². The number of thiazole rings is 2. The van der Waals surface area contributed by atoms with E-state index >= 15 is 0 Å². The molecule has 0 fully saturated rings. The largest absolute Gasteiger partial charge is 1.00 e. The van der Waals surface area contributed by atoms with Crippen molar-refractivity contribution < 1.29 is 17.0 Å². The lowest BCUT2D eigenvalue weighted by molar-refractivity contribution is -0.685. The van der Waals surface area contributed by atoms with Gasteiger partial charge in [-0.2, -0.15) is 4.57 Å². The third-order valence-corrected chi connectivity index (χ3v) is 9.20. The van der Waals surface area contributed by atoms with Crippen molar-refractivity contribution in [3.8, 4) is 0 Å². The Morgan fingerprint density at radius 3 is 2.70 bits per heavy atom. The Labute approximate surface area is 219 Å². The first-order valence-corrected chi connectivity index (χ1v) is 13.5. The van der Waals surface area contributed by atoms with E-state index in [2.05, 4.69) is 79.4 Å². The molecule has 0 aliphatic carbocycles. The van der Waals surface area contributed by atoms with Crippen LogP contribution < -0.4 is 36.6 Å². The zero-order valence-electron chi connectivity index (χ0n) is 18.0. The van der Waals surface area contributed by atoms with Crippen molar-refractivity contribution in [2.45, 2.75) is 24.9 Å². The molecule has 1 aliphatic heterocycles. The Kier molecular flexibility index (Phi) is 7.50. The number of anilines is 1. The number of hydrogen-bond donors (Lipinski definition) is 0. The molecule has 5 rings (SSSR count). The minimum absolute atomic E-state index is 0. The maximum absolute atomic E-state index is 13.4. The number of benzene rings is 2. The van der Waals surface area contributed by atoms with E-state index in [-0.39, 0.29) is 18.0 Å². The van der Waals surface area contributed by atoms with Gasteiger partial charge in [-0.3, -0.25) is 9.36 Å². The van der Waals surface area contributed by atoms with Gasteiger partial charge in [0.15, 0.2) is 12.7 Å². The molecule has 3 heterocycles. The minimum Gasteiger partial charge on any atom is -1.00 e. The Hall–Kier alpha value is -1.84. The molecule has 0 amide bonds. The molecule has 170 valence electrons. The van der Waals surface area contributed by atoms with Crippen LogP contribution in [-0.4, -0.2) is 11.6 Å². The summed E-state index contributed by atoms with van der Waals surface area (Å²) in [6, 6.07) is 16.7. The Balaban J connectivity index is 0.00000259. The number of nitrogens with zero attached hydrogens (tertiary/aromatic N) is 3. The van der Waals surface area contributed by atoms with Crippen LogP contribution in [0.4, 0.5) is 5.69 Å². The van der Waals surface area contributed by atoms with Crippen LogP contribution in [-0.2, 0) is 13.1 Å². The average molecular weight is 579 g/mol. The maximum atomic E-state index is 13.4. The van der Waals surface area contributed by atoms with Gasteiger partial charge in [0.2, 0.25) is 0 Å². The summed E-state index contributed by atoms with van der Waals surface area (Å²) < 4.78 is 6.93. The van der Waals surface area contributed by atoms with Gasteiger partial charge in [0.25, 0.3) is 10.6 Å². The minimum atomic E-state index is 0. The van der Waals surface area contributed by atoms with Gasteiger partial charge >= 0.3 is 0 Å². The highest BCUT2D eigenvalue weighted by Crippen LogP contribution is 2.46. The van der Waals surface area contributed by atoms with Crippen LogP contribution in [0.3, 0.4) is 0 Å². The lowest BCUT2D eigenvalue weighted by atomic mass is 10.2. The van der Waals surface area contributed by atoms with Crippen molar-refractivity contribution in [2.75, 3.05) is 11.9 Å². The summed E-state index contributed by atoms with van der Waals surface area (Å²) in [6.07, 6.45) is 4.26. The van der Waals surface area contributed by atoms with Gasteiger partial charge < -0.3 is 17.3 Å². The molecule has 33 heavy (non-hydrogen) atoms. The molecule has 4 nitrogen and oxygen atoms in total. The molecule has 4 aromatic rings. The number of halogens is 2. The van der Waals surface area contributed by atoms with E-state index in [1.54, 1.807) is 34.4 Å². The van der Waals surface area contributed by atoms with E-state index in [0.29, 0.717) is 6.54 Å². The van der Waals surface area contributed by atoms with E-state index in [1.165, 1.54) is 10.5 Å². The fraction of sp³-hybridized carbons (Fsp3) is 0.167. The summed E-state index contributed by atoms with van der Waals surface area (Å²) in [5.74, 6) is 0. The van der Waals surface area contributed by atoms with Gasteiger partial charge in [0.05, 0.1) is 17.1 Å². The highest BCUT2D eigenvalue weighted by molar-refractivity contribution is 9.10. The SMILES string of the molecule is CCn1c(=O)/c(=C2\Sc3ccc(Br)cc3N2C)s/c1=C\c1scc[n+]1Cc1ccccc1.[Cl-]. The number of rotatable bonds is 4. The van der Waals surface area contributed by atoms with Crippen molar-refractivity contribution in [3.05, 3.63) is 94.7 Å². The van der Waals surface area contributed by atoms with Crippen molar-refractivity contribution in [1.29, 1.82) is 0 Å². The van der Waals surface area contributed by atoms with Crippen LogP contribution in [0.5, 0.6) is 0 Å². The van der Waals surface area contributed by atoms with Crippen molar-refractivity contribution in [1.82, 2.24) is 4.57 Å². The number of hydrogen-bond acceptors (Lipinski definition) is 5. The number of aromatic nitrogens is 2. The first-order chi connectivity index (χ1) is 15.5. The molecular formula is C24H21BrClN3OS3. The predicted octanol–water partition coefficient (Wildman–Crippen LogP) is 1.23.